The van der Waals surface area contributed by atoms with Crippen LogP contribution in [0.2, 0.25) is 0 Å². The topological polar surface area (TPSA) is 20.2 Å². The second-order valence-corrected chi connectivity index (χ2v) is 4.56. The van der Waals surface area contributed by atoms with Crippen molar-refractivity contribution in [1.82, 2.24) is 0 Å². The van der Waals surface area contributed by atoms with Crippen molar-refractivity contribution in [1.29, 1.82) is 0 Å². The van der Waals surface area contributed by atoms with E-state index in [1.54, 1.807) is 0 Å². The Morgan fingerprint density at radius 2 is 2.40 bits per heavy atom. The average molecular weight is 196 g/mol. The number of hydrogen-bond acceptors (Lipinski definition) is 4. The summed E-state index contributed by atoms with van der Waals surface area (Å²) < 4.78 is 0. The molecule has 1 N–H and O–H groups in total. The fraction of sp³-hybridized carbons (Fsp3) is 0.667. The van der Waals surface area contributed by atoms with Gasteiger partial charge < -0.3 is 5.11 Å². The maximum absolute atomic E-state index is 8.23. The molecular formula is C6H12OS3. The van der Waals surface area contributed by atoms with Crippen LogP contribution in [0.25, 0.3) is 0 Å². The van der Waals surface area contributed by atoms with Crippen LogP contribution >= 0.6 is 34.2 Å². The van der Waals surface area contributed by atoms with E-state index in [1.165, 1.54) is 5.75 Å². The smallest absolute Gasteiger partial charge is 0.0962 e. The minimum atomic E-state index is -0.421. The molecule has 0 bridgehead atoms. The second-order valence-electron chi connectivity index (χ2n) is 1.64. The highest BCUT2D eigenvalue weighted by molar-refractivity contribution is 8.78. The standard InChI is InChI=1S/C3H8OS.C3H4S2/c1-2-3(4)5;1-2-4-5-3-1/h3-5H,2H2,1H3;1-2H,3H2. The zero-order chi connectivity index (χ0) is 7.82. The number of thiol groups is 1. The summed E-state index contributed by atoms with van der Waals surface area (Å²) in [5.41, 5.74) is -0.421. The summed E-state index contributed by atoms with van der Waals surface area (Å²) in [7, 11) is 3.69. The van der Waals surface area contributed by atoms with E-state index in [-0.39, 0.29) is 0 Å². The Hall–Kier alpha value is 0.750. The minimum Gasteiger partial charge on any atom is -0.383 e. The third-order valence-electron chi connectivity index (χ3n) is 0.749. The van der Waals surface area contributed by atoms with Gasteiger partial charge in [-0.1, -0.05) is 34.6 Å². The van der Waals surface area contributed by atoms with Crippen LogP contribution in [-0.2, 0) is 0 Å². The van der Waals surface area contributed by atoms with Crippen molar-refractivity contribution in [2.24, 2.45) is 0 Å². The number of aliphatic hydroxyl groups is 1. The summed E-state index contributed by atoms with van der Waals surface area (Å²) in [6.45, 7) is 1.87. The molecule has 1 unspecified atom stereocenters. The van der Waals surface area contributed by atoms with Crippen LogP contribution in [-0.4, -0.2) is 16.3 Å². The van der Waals surface area contributed by atoms with Crippen LogP contribution in [0.15, 0.2) is 11.5 Å². The Bertz CT molecular complexity index is 87.0. The largest absolute Gasteiger partial charge is 0.383 e. The van der Waals surface area contributed by atoms with Crippen molar-refractivity contribution in [3.63, 3.8) is 0 Å². The van der Waals surface area contributed by atoms with Crippen molar-refractivity contribution < 1.29 is 5.11 Å². The lowest BCUT2D eigenvalue weighted by Gasteiger charge is -1.89. The van der Waals surface area contributed by atoms with Gasteiger partial charge in [-0.2, -0.15) is 0 Å². The van der Waals surface area contributed by atoms with E-state index in [0.717, 1.165) is 6.42 Å². The maximum Gasteiger partial charge on any atom is 0.0962 e. The van der Waals surface area contributed by atoms with Crippen molar-refractivity contribution in [3.8, 4) is 0 Å². The molecule has 0 radical (unpaired) electrons. The quantitative estimate of drug-likeness (QED) is 0.382. The molecule has 1 aliphatic rings. The van der Waals surface area contributed by atoms with E-state index in [2.05, 4.69) is 24.1 Å². The van der Waals surface area contributed by atoms with E-state index in [0.29, 0.717) is 0 Å². The van der Waals surface area contributed by atoms with Crippen LogP contribution in [0, 0.1) is 0 Å². The molecule has 60 valence electrons. The van der Waals surface area contributed by atoms with Gasteiger partial charge in [0.1, 0.15) is 0 Å². The second kappa shape index (κ2) is 7.85. The van der Waals surface area contributed by atoms with Gasteiger partial charge in [0.15, 0.2) is 0 Å². The van der Waals surface area contributed by atoms with E-state index >= 15 is 0 Å². The lowest BCUT2D eigenvalue weighted by molar-refractivity contribution is 0.261. The Labute approximate surface area is 75.5 Å². The first-order valence-corrected chi connectivity index (χ1v) is 5.96. The van der Waals surface area contributed by atoms with Gasteiger partial charge in [0.05, 0.1) is 5.44 Å². The molecule has 0 amide bonds. The molecule has 0 fully saturated rings. The van der Waals surface area contributed by atoms with Crippen molar-refractivity contribution >= 4 is 34.2 Å². The molecule has 0 saturated heterocycles. The molecule has 1 rings (SSSR count). The predicted molar refractivity (Wildman–Crippen MR) is 54.5 cm³/mol. The van der Waals surface area contributed by atoms with Crippen LogP contribution in [0.5, 0.6) is 0 Å². The van der Waals surface area contributed by atoms with Gasteiger partial charge in [0, 0.05) is 5.75 Å². The molecule has 0 aromatic carbocycles. The minimum absolute atomic E-state index is 0.421. The highest BCUT2D eigenvalue weighted by Crippen LogP contribution is 2.27. The third kappa shape index (κ3) is 8.75. The summed E-state index contributed by atoms with van der Waals surface area (Å²) in [5, 5.41) is 10.3. The van der Waals surface area contributed by atoms with Gasteiger partial charge in [-0.05, 0) is 11.8 Å². The molecule has 1 aliphatic heterocycles. The van der Waals surface area contributed by atoms with Gasteiger partial charge in [-0.25, -0.2) is 0 Å². The molecule has 0 aliphatic carbocycles. The van der Waals surface area contributed by atoms with Crippen LogP contribution in [0.3, 0.4) is 0 Å². The molecule has 0 saturated carbocycles. The van der Waals surface area contributed by atoms with Crippen molar-refractivity contribution in [2.75, 3.05) is 5.75 Å². The third-order valence-corrected chi connectivity index (χ3v) is 3.03. The Balaban J connectivity index is 0.000000162. The first-order chi connectivity index (χ1) is 4.77. The fourth-order valence-corrected chi connectivity index (χ4v) is 1.77. The van der Waals surface area contributed by atoms with Crippen LogP contribution in [0.1, 0.15) is 13.3 Å². The van der Waals surface area contributed by atoms with Gasteiger partial charge in [0.25, 0.3) is 0 Å². The van der Waals surface area contributed by atoms with Crippen LogP contribution < -0.4 is 0 Å². The maximum atomic E-state index is 8.23. The first-order valence-electron chi connectivity index (χ1n) is 3.06. The SMILES string of the molecule is C1=CSSC1.CCC(O)S. The van der Waals surface area contributed by atoms with Crippen LogP contribution in [0.4, 0.5) is 0 Å². The van der Waals surface area contributed by atoms with E-state index < -0.39 is 5.44 Å². The zero-order valence-electron chi connectivity index (χ0n) is 5.86. The summed E-state index contributed by atoms with van der Waals surface area (Å²) in [6.07, 6.45) is 2.89. The predicted octanol–water partition coefficient (Wildman–Crippen LogP) is 2.54. The average Bonchev–Trinajstić information content (AvgIpc) is 2.43. The van der Waals surface area contributed by atoms with Gasteiger partial charge in [-0.3, -0.25) is 0 Å². The number of hydrogen-bond donors (Lipinski definition) is 2. The molecule has 4 heteroatoms. The van der Waals surface area contributed by atoms with Gasteiger partial charge in [-0.15, -0.1) is 12.6 Å². The molecule has 1 heterocycles. The molecule has 0 aromatic heterocycles. The summed E-state index contributed by atoms with van der Waals surface area (Å²) in [5.74, 6) is 1.20. The molecule has 0 aromatic rings. The summed E-state index contributed by atoms with van der Waals surface area (Å²) >= 11 is 3.65. The lowest BCUT2D eigenvalue weighted by Crippen LogP contribution is -1.88. The monoisotopic (exact) mass is 196 g/mol. The Morgan fingerprint density at radius 3 is 2.50 bits per heavy atom. The highest BCUT2D eigenvalue weighted by Gasteiger charge is 1.86. The molecular weight excluding hydrogens is 184 g/mol. The van der Waals surface area contributed by atoms with Crippen molar-refractivity contribution in [3.05, 3.63) is 11.5 Å². The molecule has 1 nitrogen and oxygen atoms in total. The lowest BCUT2D eigenvalue weighted by atomic mass is 10.5. The first kappa shape index (κ1) is 10.8. The zero-order valence-corrected chi connectivity index (χ0v) is 8.38. The van der Waals surface area contributed by atoms with Gasteiger partial charge in [0.2, 0.25) is 0 Å². The normalized spacial score (nSPS) is 17.9. The van der Waals surface area contributed by atoms with E-state index in [9.17, 15) is 0 Å². The number of rotatable bonds is 1. The van der Waals surface area contributed by atoms with E-state index in [1.807, 2.05) is 28.5 Å². The molecule has 10 heavy (non-hydrogen) atoms. The van der Waals surface area contributed by atoms with Gasteiger partial charge >= 0.3 is 0 Å². The molecule has 1 atom stereocenters. The Kier molecular flexibility index (Phi) is 8.44. The van der Waals surface area contributed by atoms with E-state index in [4.69, 9.17) is 5.11 Å². The summed E-state index contributed by atoms with van der Waals surface area (Å²) in [4.78, 5) is 0. The summed E-state index contributed by atoms with van der Waals surface area (Å²) in [6, 6.07) is 0. The van der Waals surface area contributed by atoms with Crippen molar-refractivity contribution in [2.45, 2.75) is 18.8 Å². The molecule has 0 spiro atoms. The Morgan fingerprint density at radius 1 is 1.80 bits per heavy atom. The number of aliphatic hydroxyl groups excluding tert-OH is 1. The highest BCUT2D eigenvalue weighted by atomic mass is 33.1. The fourth-order valence-electron chi connectivity index (χ4n) is 0.196.